The molecule has 4 heteroatoms. The molecular weight excluding hydrogens is 192 g/mol. The quantitative estimate of drug-likeness (QED) is 0.594. The first-order valence-electron chi connectivity index (χ1n) is 6.07. The lowest BCUT2D eigenvalue weighted by Crippen LogP contribution is -2.50. The number of fused-ring (bicyclic) bond motifs is 1. The molecule has 0 aromatic carbocycles. The van der Waals surface area contributed by atoms with Gasteiger partial charge in [-0.15, -0.1) is 0 Å². The van der Waals surface area contributed by atoms with Crippen LogP contribution in [0.25, 0.3) is 0 Å². The molecule has 3 N–H and O–H groups in total. The van der Waals surface area contributed by atoms with Crippen LogP contribution in [0.4, 0.5) is 0 Å². The number of hydrogen-bond donors (Lipinski definition) is 3. The van der Waals surface area contributed by atoms with Crippen LogP contribution in [-0.2, 0) is 0 Å². The summed E-state index contributed by atoms with van der Waals surface area (Å²) in [6, 6.07) is 0.964. The first-order chi connectivity index (χ1) is 7.35. The molecule has 2 unspecified atom stereocenters. The van der Waals surface area contributed by atoms with E-state index in [0.717, 1.165) is 6.42 Å². The fourth-order valence-electron chi connectivity index (χ4n) is 2.91. The molecule has 15 heavy (non-hydrogen) atoms. The molecule has 0 spiro atoms. The molecule has 0 aromatic heterocycles. The highest BCUT2D eigenvalue weighted by Crippen LogP contribution is 2.27. The van der Waals surface area contributed by atoms with Gasteiger partial charge in [0.2, 0.25) is 0 Å². The highest BCUT2D eigenvalue weighted by molar-refractivity contribution is 4.95. The zero-order valence-electron chi connectivity index (χ0n) is 9.23. The Morgan fingerprint density at radius 1 is 1.13 bits per heavy atom. The minimum Gasteiger partial charge on any atom is -0.395 e. The average Bonchev–Trinajstić information content (AvgIpc) is 2.69. The first-order valence-corrected chi connectivity index (χ1v) is 6.07. The second kappa shape index (κ2) is 5.25. The van der Waals surface area contributed by atoms with Gasteiger partial charge in [0.25, 0.3) is 0 Å². The molecule has 0 aliphatic carbocycles. The lowest BCUT2D eigenvalue weighted by atomic mass is 9.98. The van der Waals surface area contributed by atoms with E-state index in [1.54, 1.807) is 0 Å². The normalized spacial score (nSPS) is 32.2. The van der Waals surface area contributed by atoms with Gasteiger partial charge in [-0.2, -0.15) is 0 Å². The van der Waals surface area contributed by atoms with Gasteiger partial charge < -0.3 is 15.5 Å². The van der Waals surface area contributed by atoms with E-state index in [1.807, 2.05) is 0 Å². The van der Waals surface area contributed by atoms with Gasteiger partial charge >= 0.3 is 0 Å². The SMILES string of the molecule is OCC(CO)NC1CCN2CCCCC12. The van der Waals surface area contributed by atoms with Crippen molar-refractivity contribution in [2.75, 3.05) is 26.3 Å². The van der Waals surface area contributed by atoms with Crippen molar-refractivity contribution < 1.29 is 10.2 Å². The summed E-state index contributed by atoms with van der Waals surface area (Å²) in [7, 11) is 0. The van der Waals surface area contributed by atoms with Crippen LogP contribution in [0.3, 0.4) is 0 Å². The van der Waals surface area contributed by atoms with Crippen molar-refractivity contribution in [1.82, 2.24) is 10.2 Å². The maximum atomic E-state index is 9.05. The Hall–Kier alpha value is -0.160. The summed E-state index contributed by atoms with van der Waals surface area (Å²) in [5.41, 5.74) is 0. The third-order valence-corrected chi connectivity index (χ3v) is 3.75. The maximum Gasteiger partial charge on any atom is 0.0607 e. The molecule has 0 amide bonds. The molecule has 2 heterocycles. The van der Waals surface area contributed by atoms with Crippen LogP contribution in [0.1, 0.15) is 25.7 Å². The number of nitrogens with zero attached hydrogens (tertiary/aromatic N) is 1. The maximum absolute atomic E-state index is 9.05. The zero-order chi connectivity index (χ0) is 10.7. The summed E-state index contributed by atoms with van der Waals surface area (Å²) >= 11 is 0. The van der Waals surface area contributed by atoms with Crippen LogP contribution < -0.4 is 5.32 Å². The zero-order valence-corrected chi connectivity index (χ0v) is 9.23. The molecule has 2 aliphatic heterocycles. The van der Waals surface area contributed by atoms with Gasteiger partial charge in [-0.1, -0.05) is 6.42 Å². The van der Waals surface area contributed by atoms with E-state index in [1.165, 1.54) is 32.4 Å². The molecule has 2 rings (SSSR count). The molecule has 0 aromatic rings. The summed E-state index contributed by atoms with van der Waals surface area (Å²) in [6.45, 7) is 2.46. The minimum atomic E-state index is -0.142. The molecular formula is C11H22N2O2. The van der Waals surface area contributed by atoms with E-state index in [0.29, 0.717) is 12.1 Å². The van der Waals surface area contributed by atoms with E-state index in [-0.39, 0.29) is 19.3 Å². The van der Waals surface area contributed by atoms with Gasteiger partial charge in [0.05, 0.1) is 19.3 Å². The highest BCUT2D eigenvalue weighted by Gasteiger charge is 2.35. The molecule has 0 radical (unpaired) electrons. The standard InChI is InChI=1S/C11H22N2O2/c14-7-9(8-15)12-10-4-6-13-5-2-1-3-11(10)13/h9-12,14-15H,1-8H2. The van der Waals surface area contributed by atoms with Crippen LogP contribution in [0.2, 0.25) is 0 Å². The number of aliphatic hydroxyl groups is 2. The van der Waals surface area contributed by atoms with Crippen LogP contribution in [-0.4, -0.2) is 59.5 Å². The second-order valence-electron chi connectivity index (χ2n) is 4.72. The lowest BCUT2D eigenvalue weighted by molar-refractivity contribution is 0.138. The van der Waals surface area contributed by atoms with Crippen molar-refractivity contribution in [3.63, 3.8) is 0 Å². The summed E-state index contributed by atoms with van der Waals surface area (Å²) in [5, 5.41) is 21.5. The van der Waals surface area contributed by atoms with Gasteiger partial charge in [0.1, 0.15) is 0 Å². The smallest absolute Gasteiger partial charge is 0.0607 e. The van der Waals surface area contributed by atoms with E-state index in [9.17, 15) is 0 Å². The van der Waals surface area contributed by atoms with Crippen LogP contribution >= 0.6 is 0 Å². The van der Waals surface area contributed by atoms with E-state index in [2.05, 4.69) is 10.2 Å². The molecule has 88 valence electrons. The van der Waals surface area contributed by atoms with Crippen LogP contribution in [0.5, 0.6) is 0 Å². The predicted octanol–water partition coefficient (Wildman–Crippen LogP) is -0.444. The Balaban J connectivity index is 1.87. The third-order valence-electron chi connectivity index (χ3n) is 3.75. The topological polar surface area (TPSA) is 55.7 Å². The van der Waals surface area contributed by atoms with Gasteiger partial charge in [-0.25, -0.2) is 0 Å². The Labute approximate surface area is 91.3 Å². The number of hydrogen-bond acceptors (Lipinski definition) is 4. The second-order valence-corrected chi connectivity index (χ2v) is 4.72. The monoisotopic (exact) mass is 214 g/mol. The summed E-state index contributed by atoms with van der Waals surface area (Å²) in [6.07, 6.45) is 5.07. The highest BCUT2D eigenvalue weighted by atomic mass is 16.3. The van der Waals surface area contributed by atoms with Gasteiger partial charge in [-0.05, 0) is 25.8 Å². The first kappa shape index (κ1) is 11.3. The minimum absolute atomic E-state index is 0.0275. The van der Waals surface area contributed by atoms with E-state index in [4.69, 9.17) is 10.2 Å². The van der Waals surface area contributed by atoms with Crippen molar-refractivity contribution in [3.8, 4) is 0 Å². The predicted molar refractivity (Wildman–Crippen MR) is 58.7 cm³/mol. The number of nitrogens with one attached hydrogen (secondary N) is 1. The van der Waals surface area contributed by atoms with Crippen molar-refractivity contribution in [2.45, 2.75) is 43.8 Å². The van der Waals surface area contributed by atoms with Crippen molar-refractivity contribution in [2.24, 2.45) is 0 Å². The van der Waals surface area contributed by atoms with E-state index < -0.39 is 0 Å². The van der Waals surface area contributed by atoms with Gasteiger partial charge in [0.15, 0.2) is 0 Å². The van der Waals surface area contributed by atoms with Crippen molar-refractivity contribution >= 4 is 0 Å². The fraction of sp³-hybridized carbons (Fsp3) is 1.00. The van der Waals surface area contributed by atoms with Crippen molar-refractivity contribution in [1.29, 1.82) is 0 Å². The Morgan fingerprint density at radius 3 is 2.67 bits per heavy atom. The summed E-state index contributed by atoms with van der Waals surface area (Å²) < 4.78 is 0. The average molecular weight is 214 g/mol. The molecule has 2 aliphatic rings. The van der Waals surface area contributed by atoms with Crippen molar-refractivity contribution in [3.05, 3.63) is 0 Å². The van der Waals surface area contributed by atoms with Gasteiger partial charge in [0, 0.05) is 18.6 Å². The van der Waals surface area contributed by atoms with Gasteiger partial charge in [-0.3, -0.25) is 4.90 Å². The Bertz CT molecular complexity index is 197. The number of rotatable bonds is 4. The molecule has 2 atom stereocenters. The van der Waals surface area contributed by atoms with Crippen LogP contribution in [0, 0.1) is 0 Å². The molecule has 0 bridgehead atoms. The number of aliphatic hydroxyl groups excluding tert-OH is 2. The summed E-state index contributed by atoms with van der Waals surface area (Å²) in [5.74, 6) is 0. The summed E-state index contributed by atoms with van der Waals surface area (Å²) in [4.78, 5) is 2.55. The largest absolute Gasteiger partial charge is 0.395 e. The molecule has 0 saturated carbocycles. The molecule has 4 nitrogen and oxygen atoms in total. The molecule has 2 fully saturated rings. The third kappa shape index (κ3) is 2.50. The van der Waals surface area contributed by atoms with Crippen LogP contribution in [0.15, 0.2) is 0 Å². The molecule has 2 saturated heterocycles. The Morgan fingerprint density at radius 2 is 1.93 bits per heavy atom. The Kier molecular flexibility index (Phi) is 3.97. The lowest BCUT2D eigenvalue weighted by Gasteiger charge is -2.33. The number of piperidine rings is 1. The van der Waals surface area contributed by atoms with E-state index >= 15 is 0 Å². The fourth-order valence-corrected chi connectivity index (χ4v) is 2.91.